The van der Waals surface area contributed by atoms with Gasteiger partial charge in [-0.15, -0.1) is 35.3 Å². The van der Waals surface area contributed by atoms with Gasteiger partial charge >= 0.3 is 0 Å². The van der Waals surface area contributed by atoms with Gasteiger partial charge in [-0.1, -0.05) is 20.8 Å². The normalized spacial score (nSPS) is 11.0. The van der Waals surface area contributed by atoms with Gasteiger partial charge in [0.1, 0.15) is 0 Å². The summed E-state index contributed by atoms with van der Waals surface area (Å²) in [7, 11) is 1.74. The number of amides is 1. The minimum Gasteiger partial charge on any atom is -0.355 e. The molecule has 0 aromatic carbocycles. The van der Waals surface area contributed by atoms with E-state index in [1.165, 1.54) is 9.75 Å². The Morgan fingerprint density at radius 2 is 1.82 bits per heavy atom. The molecule has 0 atom stereocenters. The molecule has 22 heavy (non-hydrogen) atoms. The van der Waals surface area contributed by atoms with E-state index in [2.05, 4.69) is 40.0 Å². The Labute approximate surface area is 154 Å². The minimum atomic E-state index is 0. The van der Waals surface area contributed by atoms with Gasteiger partial charge in [0, 0.05) is 35.8 Å². The third-order valence-corrected chi connectivity index (χ3v) is 4.19. The number of guanidine groups is 1. The van der Waals surface area contributed by atoms with Crippen molar-refractivity contribution in [2.45, 2.75) is 33.7 Å². The van der Waals surface area contributed by atoms with E-state index in [0.29, 0.717) is 13.1 Å². The van der Waals surface area contributed by atoms with Gasteiger partial charge in [0.2, 0.25) is 5.91 Å². The Bertz CT molecular complexity index is 474. The van der Waals surface area contributed by atoms with Crippen molar-refractivity contribution in [3.8, 4) is 0 Å². The van der Waals surface area contributed by atoms with Crippen LogP contribution in [0.3, 0.4) is 0 Å². The molecule has 0 saturated heterocycles. The van der Waals surface area contributed by atoms with Crippen LogP contribution in [0, 0.1) is 5.92 Å². The maximum absolute atomic E-state index is 11.4. The number of aliphatic imine (C=N–C) groups is 1. The van der Waals surface area contributed by atoms with E-state index in [4.69, 9.17) is 0 Å². The number of carbonyl (C=O) groups is 1. The molecule has 0 spiro atoms. The van der Waals surface area contributed by atoms with Crippen LogP contribution in [0.5, 0.6) is 0 Å². The fraction of sp³-hybridized carbons (Fsp3) is 0.600. The Kier molecular flexibility index (Phi) is 11.3. The molecular weight excluding hydrogens is 411 g/mol. The van der Waals surface area contributed by atoms with Gasteiger partial charge in [-0.05, 0) is 18.6 Å². The molecule has 1 aromatic heterocycles. The van der Waals surface area contributed by atoms with Crippen molar-refractivity contribution in [1.29, 1.82) is 0 Å². The van der Waals surface area contributed by atoms with Crippen LogP contribution in [-0.2, 0) is 17.8 Å². The van der Waals surface area contributed by atoms with Gasteiger partial charge in [-0.3, -0.25) is 9.79 Å². The first-order chi connectivity index (χ1) is 10.1. The average Bonchev–Trinajstić information content (AvgIpc) is 2.94. The van der Waals surface area contributed by atoms with Gasteiger partial charge < -0.3 is 16.0 Å². The Morgan fingerprint density at radius 1 is 1.18 bits per heavy atom. The van der Waals surface area contributed by atoms with Gasteiger partial charge in [0.05, 0.1) is 6.54 Å². The summed E-state index contributed by atoms with van der Waals surface area (Å²) in [6.45, 7) is 7.95. The lowest BCUT2D eigenvalue weighted by molar-refractivity contribution is -0.123. The van der Waals surface area contributed by atoms with E-state index < -0.39 is 0 Å². The molecule has 126 valence electrons. The SMILES string of the molecule is CCc1ccc(CNC(=NC)NCCNC(=O)C(C)C)s1.I. The number of nitrogens with one attached hydrogen (secondary N) is 3. The number of aryl methyl sites for hydroxylation is 1. The first kappa shape index (κ1) is 21.2. The molecule has 1 rings (SSSR count). The number of nitrogens with zero attached hydrogens (tertiary/aromatic N) is 1. The molecule has 0 fully saturated rings. The molecule has 0 aliphatic rings. The van der Waals surface area contributed by atoms with Crippen LogP contribution in [-0.4, -0.2) is 32.0 Å². The molecule has 0 saturated carbocycles. The molecule has 0 bridgehead atoms. The van der Waals surface area contributed by atoms with Crippen molar-refractivity contribution < 1.29 is 4.79 Å². The third-order valence-electron chi connectivity index (χ3n) is 2.96. The van der Waals surface area contributed by atoms with Crippen molar-refractivity contribution in [3.05, 3.63) is 21.9 Å². The highest BCUT2D eigenvalue weighted by Gasteiger charge is 2.05. The number of thiophene rings is 1. The number of halogens is 1. The van der Waals surface area contributed by atoms with Crippen molar-refractivity contribution >= 4 is 47.2 Å². The number of hydrogen-bond donors (Lipinski definition) is 3. The first-order valence-electron chi connectivity index (χ1n) is 7.36. The maximum atomic E-state index is 11.4. The summed E-state index contributed by atoms with van der Waals surface area (Å²) in [4.78, 5) is 18.3. The third kappa shape index (κ3) is 7.98. The van der Waals surface area contributed by atoms with Crippen LogP contribution in [0.1, 0.15) is 30.5 Å². The molecule has 7 heteroatoms. The van der Waals surface area contributed by atoms with Crippen LogP contribution >= 0.6 is 35.3 Å². The highest BCUT2D eigenvalue weighted by Crippen LogP contribution is 2.16. The Hall–Kier alpha value is -0.830. The zero-order chi connectivity index (χ0) is 15.7. The molecule has 0 unspecified atom stereocenters. The lowest BCUT2D eigenvalue weighted by Crippen LogP contribution is -2.41. The molecule has 0 radical (unpaired) electrons. The summed E-state index contributed by atoms with van der Waals surface area (Å²) in [6.07, 6.45) is 1.08. The van der Waals surface area contributed by atoms with Crippen LogP contribution in [0.4, 0.5) is 0 Å². The van der Waals surface area contributed by atoms with E-state index in [0.717, 1.165) is 18.9 Å². The zero-order valence-corrected chi connectivity index (χ0v) is 16.9. The fourth-order valence-electron chi connectivity index (χ4n) is 1.67. The minimum absolute atomic E-state index is 0. The van der Waals surface area contributed by atoms with Crippen LogP contribution < -0.4 is 16.0 Å². The lowest BCUT2D eigenvalue weighted by atomic mass is 10.2. The summed E-state index contributed by atoms with van der Waals surface area (Å²) in [5.74, 6) is 0.847. The lowest BCUT2D eigenvalue weighted by Gasteiger charge is -2.12. The predicted molar refractivity (Wildman–Crippen MR) is 105 cm³/mol. The molecule has 1 aromatic rings. The average molecular weight is 438 g/mol. The molecule has 0 aliphatic carbocycles. The van der Waals surface area contributed by atoms with Gasteiger partial charge in [0.25, 0.3) is 0 Å². The summed E-state index contributed by atoms with van der Waals surface area (Å²) >= 11 is 1.82. The van der Waals surface area contributed by atoms with Gasteiger partial charge in [0.15, 0.2) is 5.96 Å². The van der Waals surface area contributed by atoms with E-state index in [-0.39, 0.29) is 35.8 Å². The van der Waals surface area contributed by atoms with Crippen LogP contribution in [0.2, 0.25) is 0 Å². The molecule has 1 amide bonds. The monoisotopic (exact) mass is 438 g/mol. The van der Waals surface area contributed by atoms with E-state index >= 15 is 0 Å². The van der Waals surface area contributed by atoms with Gasteiger partial charge in [-0.25, -0.2) is 0 Å². The second kappa shape index (κ2) is 11.7. The standard InChI is InChI=1S/C15H26N4OS.HI/c1-5-12-6-7-13(21-12)10-19-15(16-4)18-9-8-17-14(20)11(2)3;/h6-7,11H,5,8-10H2,1-4H3,(H,17,20)(H2,16,18,19);1H. The fourth-order valence-corrected chi connectivity index (χ4v) is 2.57. The predicted octanol–water partition coefficient (Wildman–Crippen LogP) is 2.37. The van der Waals surface area contributed by atoms with E-state index in [1.807, 2.05) is 25.2 Å². The number of hydrogen-bond acceptors (Lipinski definition) is 3. The summed E-state index contributed by atoms with van der Waals surface area (Å²) < 4.78 is 0. The maximum Gasteiger partial charge on any atom is 0.222 e. The van der Waals surface area contributed by atoms with Crippen LogP contribution in [0.25, 0.3) is 0 Å². The molecule has 5 nitrogen and oxygen atoms in total. The van der Waals surface area contributed by atoms with E-state index in [1.54, 1.807) is 7.05 Å². The van der Waals surface area contributed by atoms with Crippen molar-refractivity contribution in [3.63, 3.8) is 0 Å². The second-order valence-electron chi connectivity index (χ2n) is 5.02. The number of carbonyl (C=O) groups excluding carboxylic acids is 1. The Balaban J connectivity index is 0.00000441. The largest absolute Gasteiger partial charge is 0.355 e. The van der Waals surface area contributed by atoms with Crippen molar-refractivity contribution in [2.75, 3.05) is 20.1 Å². The van der Waals surface area contributed by atoms with Gasteiger partial charge in [-0.2, -0.15) is 0 Å². The molecule has 1 heterocycles. The van der Waals surface area contributed by atoms with Crippen molar-refractivity contribution in [2.24, 2.45) is 10.9 Å². The zero-order valence-electron chi connectivity index (χ0n) is 13.7. The smallest absolute Gasteiger partial charge is 0.222 e. The summed E-state index contributed by atoms with van der Waals surface area (Å²) in [5.41, 5.74) is 0. The first-order valence-corrected chi connectivity index (χ1v) is 8.18. The second-order valence-corrected chi connectivity index (χ2v) is 6.27. The highest BCUT2D eigenvalue weighted by molar-refractivity contribution is 14.0. The molecular formula is C15H27IN4OS. The topological polar surface area (TPSA) is 65.5 Å². The quantitative estimate of drug-likeness (QED) is 0.265. The summed E-state index contributed by atoms with van der Waals surface area (Å²) in [6, 6.07) is 4.31. The van der Waals surface area contributed by atoms with Crippen LogP contribution in [0.15, 0.2) is 17.1 Å². The van der Waals surface area contributed by atoms with Crippen molar-refractivity contribution in [1.82, 2.24) is 16.0 Å². The highest BCUT2D eigenvalue weighted by atomic mass is 127. The Morgan fingerprint density at radius 3 is 2.36 bits per heavy atom. The van der Waals surface area contributed by atoms with E-state index in [9.17, 15) is 4.79 Å². The number of rotatable bonds is 7. The molecule has 0 aliphatic heterocycles. The molecule has 3 N–H and O–H groups in total. The summed E-state index contributed by atoms with van der Waals surface area (Å²) in [5, 5.41) is 9.32.